The molecule has 1 atom stereocenters. The molecule has 1 N–H and O–H groups in total. The molecule has 0 aliphatic heterocycles. The van der Waals surface area contributed by atoms with Crippen LogP contribution in [0.1, 0.15) is 18.5 Å². The van der Waals surface area contributed by atoms with Crippen LogP contribution >= 0.6 is 0 Å². The average molecular weight is 358 g/mol. The van der Waals surface area contributed by atoms with Gasteiger partial charge in [-0.05, 0) is 30.2 Å². The molecule has 0 saturated carbocycles. The van der Waals surface area contributed by atoms with Gasteiger partial charge in [0, 0.05) is 18.8 Å². The van der Waals surface area contributed by atoms with Crippen molar-refractivity contribution >= 4 is 16.9 Å². The minimum absolute atomic E-state index is 0.171. The predicted octanol–water partition coefficient (Wildman–Crippen LogP) is 4.83. The van der Waals surface area contributed by atoms with Crippen LogP contribution in [0.3, 0.4) is 0 Å². The summed E-state index contributed by atoms with van der Waals surface area (Å²) in [6.07, 6.45) is 3.49. The van der Waals surface area contributed by atoms with Gasteiger partial charge in [0.05, 0.1) is 18.5 Å². The monoisotopic (exact) mass is 358 g/mol. The first-order valence-corrected chi connectivity index (χ1v) is 8.93. The van der Waals surface area contributed by atoms with E-state index in [1.54, 1.807) is 13.4 Å². The fourth-order valence-corrected chi connectivity index (χ4v) is 3.37. The standard InChI is InChI=1S/C22H22N4O/c1-15(26(2)22-19-12-13-23-21(19)24-14-25-22)16-8-10-17(11-9-16)18-6-4-5-7-20(18)27-3/h4-15H,1-3H3,(H,23,24,25). The van der Waals surface area contributed by atoms with E-state index in [4.69, 9.17) is 4.74 Å². The summed E-state index contributed by atoms with van der Waals surface area (Å²) in [6, 6.07) is 18.9. The number of hydrogen-bond acceptors (Lipinski definition) is 4. The third kappa shape index (κ3) is 3.12. The molecule has 0 bridgehead atoms. The zero-order valence-electron chi connectivity index (χ0n) is 15.7. The van der Waals surface area contributed by atoms with Gasteiger partial charge in [-0.25, -0.2) is 9.97 Å². The molecule has 2 aromatic heterocycles. The quantitative estimate of drug-likeness (QED) is 0.555. The van der Waals surface area contributed by atoms with Gasteiger partial charge in [0.2, 0.25) is 0 Å². The molecule has 0 radical (unpaired) electrons. The van der Waals surface area contributed by atoms with Gasteiger partial charge in [-0.1, -0.05) is 42.5 Å². The summed E-state index contributed by atoms with van der Waals surface area (Å²) in [6.45, 7) is 2.18. The number of benzene rings is 2. The summed E-state index contributed by atoms with van der Waals surface area (Å²) in [7, 11) is 3.77. The normalized spacial score (nSPS) is 12.1. The Morgan fingerprint density at radius 1 is 1.00 bits per heavy atom. The highest BCUT2D eigenvalue weighted by Crippen LogP contribution is 2.32. The van der Waals surface area contributed by atoms with Crippen molar-refractivity contribution in [1.82, 2.24) is 15.0 Å². The smallest absolute Gasteiger partial charge is 0.142 e. The van der Waals surface area contributed by atoms with E-state index < -0.39 is 0 Å². The van der Waals surface area contributed by atoms with Gasteiger partial charge < -0.3 is 14.6 Å². The topological polar surface area (TPSA) is 54.0 Å². The number of aromatic nitrogens is 3. The fourth-order valence-electron chi connectivity index (χ4n) is 3.37. The first-order valence-electron chi connectivity index (χ1n) is 8.93. The number of nitrogens with zero attached hydrogens (tertiary/aromatic N) is 3. The van der Waals surface area contributed by atoms with Crippen molar-refractivity contribution in [2.75, 3.05) is 19.1 Å². The Labute approximate surface area is 158 Å². The Morgan fingerprint density at radius 3 is 2.56 bits per heavy atom. The lowest BCUT2D eigenvalue weighted by atomic mass is 10.00. The van der Waals surface area contributed by atoms with Crippen LogP contribution in [0, 0.1) is 0 Å². The minimum Gasteiger partial charge on any atom is -0.496 e. The van der Waals surface area contributed by atoms with Crippen molar-refractivity contribution < 1.29 is 4.74 Å². The van der Waals surface area contributed by atoms with Crippen molar-refractivity contribution in [3.63, 3.8) is 0 Å². The molecule has 27 heavy (non-hydrogen) atoms. The van der Waals surface area contributed by atoms with Gasteiger partial charge in [-0.15, -0.1) is 0 Å². The third-order valence-electron chi connectivity index (χ3n) is 5.06. The van der Waals surface area contributed by atoms with Gasteiger partial charge in [-0.2, -0.15) is 0 Å². The maximum Gasteiger partial charge on any atom is 0.142 e. The number of hydrogen-bond donors (Lipinski definition) is 1. The van der Waals surface area contributed by atoms with Crippen LogP contribution in [0.4, 0.5) is 5.82 Å². The van der Waals surface area contributed by atoms with Crippen LogP contribution in [-0.2, 0) is 0 Å². The molecule has 2 heterocycles. The number of aromatic amines is 1. The van der Waals surface area contributed by atoms with Gasteiger partial charge >= 0.3 is 0 Å². The van der Waals surface area contributed by atoms with Crippen LogP contribution < -0.4 is 9.64 Å². The SMILES string of the molecule is COc1ccccc1-c1ccc(C(C)N(C)c2ncnc3[nH]ccc23)cc1. The Morgan fingerprint density at radius 2 is 1.78 bits per heavy atom. The second-order valence-corrected chi connectivity index (χ2v) is 6.55. The second kappa shape index (κ2) is 7.11. The zero-order valence-corrected chi connectivity index (χ0v) is 15.7. The summed E-state index contributed by atoms with van der Waals surface area (Å²) in [5.74, 6) is 1.80. The molecule has 0 spiro atoms. The number of fused-ring (bicyclic) bond motifs is 1. The van der Waals surface area contributed by atoms with Gasteiger partial charge in [-0.3, -0.25) is 0 Å². The van der Waals surface area contributed by atoms with E-state index in [0.29, 0.717) is 0 Å². The molecule has 4 rings (SSSR count). The lowest BCUT2D eigenvalue weighted by Gasteiger charge is -2.27. The van der Waals surface area contributed by atoms with Crippen LogP contribution in [0.25, 0.3) is 22.2 Å². The minimum atomic E-state index is 0.171. The number of rotatable bonds is 5. The molecule has 0 saturated heterocycles. The molecular weight excluding hydrogens is 336 g/mol. The highest BCUT2D eigenvalue weighted by molar-refractivity contribution is 5.87. The molecule has 0 fully saturated rings. The van der Waals surface area contributed by atoms with Crippen molar-refractivity contribution in [3.05, 3.63) is 72.7 Å². The predicted molar refractivity (Wildman–Crippen MR) is 109 cm³/mol. The fraction of sp³-hybridized carbons (Fsp3) is 0.182. The number of H-pyrrole nitrogens is 1. The summed E-state index contributed by atoms with van der Waals surface area (Å²) in [5.41, 5.74) is 4.31. The van der Waals surface area contributed by atoms with Crippen LogP contribution in [0.2, 0.25) is 0 Å². The largest absolute Gasteiger partial charge is 0.496 e. The first kappa shape index (κ1) is 17.1. The number of anilines is 1. The zero-order chi connectivity index (χ0) is 18.8. The summed E-state index contributed by atoms with van der Waals surface area (Å²) in [4.78, 5) is 14.1. The maximum absolute atomic E-state index is 5.48. The second-order valence-electron chi connectivity index (χ2n) is 6.55. The van der Waals surface area contributed by atoms with E-state index in [1.165, 1.54) is 5.56 Å². The summed E-state index contributed by atoms with van der Waals surface area (Å²) < 4.78 is 5.48. The lowest BCUT2D eigenvalue weighted by Crippen LogP contribution is -2.22. The summed E-state index contributed by atoms with van der Waals surface area (Å²) >= 11 is 0. The number of ether oxygens (including phenoxy) is 1. The molecule has 5 heteroatoms. The number of methoxy groups -OCH3 is 1. The van der Waals surface area contributed by atoms with Crippen molar-refractivity contribution in [2.24, 2.45) is 0 Å². The molecule has 4 aromatic rings. The number of nitrogens with one attached hydrogen (secondary N) is 1. The number of para-hydroxylation sites is 1. The lowest BCUT2D eigenvalue weighted by molar-refractivity contribution is 0.416. The van der Waals surface area contributed by atoms with E-state index in [-0.39, 0.29) is 6.04 Å². The van der Waals surface area contributed by atoms with E-state index >= 15 is 0 Å². The Hall–Kier alpha value is -3.34. The highest BCUT2D eigenvalue weighted by atomic mass is 16.5. The van der Waals surface area contributed by atoms with Crippen LogP contribution in [0.5, 0.6) is 5.75 Å². The van der Waals surface area contributed by atoms with Crippen molar-refractivity contribution in [1.29, 1.82) is 0 Å². The van der Waals surface area contributed by atoms with Crippen molar-refractivity contribution in [3.8, 4) is 16.9 Å². The van der Waals surface area contributed by atoms with Crippen LogP contribution in [0.15, 0.2) is 67.1 Å². The molecular formula is C22H22N4O. The molecule has 5 nitrogen and oxygen atoms in total. The van der Waals surface area contributed by atoms with E-state index in [0.717, 1.165) is 33.7 Å². The molecule has 1 unspecified atom stereocenters. The van der Waals surface area contributed by atoms with E-state index in [1.807, 2.05) is 30.5 Å². The maximum atomic E-state index is 5.48. The van der Waals surface area contributed by atoms with Gasteiger partial charge in [0.1, 0.15) is 23.5 Å². The van der Waals surface area contributed by atoms with E-state index in [2.05, 4.69) is 64.2 Å². The molecule has 136 valence electrons. The van der Waals surface area contributed by atoms with Gasteiger partial charge in [0.25, 0.3) is 0 Å². The highest BCUT2D eigenvalue weighted by Gasteiger charge is 2.17. The van der Waals surface area contributed by atoms with Gasteiger partial charge in [0.15, 0.2) is 0 Å². The Balaban J connectivity index is 1.63. The first-order chi connectivity index (χ1) is 13.2. The van der Waals surface area contributed by atoms with Crippen molar-refractivity contribution in [2.45, 2.75) is 13.0 Å². The molecule has 0 aliphatic carbocycles. The molecule has 2 aromatic carbocycles. The Bertz CT molecular complexity index is 1060. The summed E-state index contributed by atoms with van der Waals surface area (Å²) in [5, 5.41) is 1.03. The molecule has 0 amide bonds. The third-order valence-corrected chi connectivity index (χ3v) is 5.06. The van der Waals surface area contributed by atoms with Crippen LogP contribution in [-0.4, -0.2) is 29.1 Å². The van der Waals surface area contributed by atoms with E-state index in [9.17, 15) is 0 Å². The average Bonchev–Trinajstić information content (AvgIpc) is 3.22. The Kier molecular flexibility index (Phi) is 4.50. The molecule has 0 aliphatic rings.